The van der Waals surface area contributed by atoms with Gasteiger partial charge in [0, 0.05) is 25.0 Å². The Bertz CT molecular complexity index is 720. The number of amides is 1. The van der Waals surface area contributed by atoms with E-state index < -0.39 is 0 Å². The minimum atomic E-state index is -0.307. The quantitative estimate of drug-likeness (QED) is 0.753. The molecule has 5 heteroatoms. The van der Waals surface area contributed by atoms with Gasteiger partial charge in [-0.2, -0.15) is 0 Å². The number of hydrogen-bond acceptors (Lipinski definition) is 4. The lowest BCUT2D eigenvalue weighted by Crippen LogP contribution is -2.67. The summed E-state index contributed by atoms with van der Waals surface area (Å²) >= 11 is 0. The van der Waals surface area contributed by atoms with Crippen molar-refractivity contribution >= 4 is 11.9 Å². The Morgan fingerprint density at radius 1 is 1.07 bits per heavy atom. The fourth-order valence-corrected chi connectivity index (χ4v) is 6.13. The number of hydrogen-bond donors (Lipinski definition) is 0. The van der Waals surface area contributed by atoms with Gasteiger partial charge in [0.1, 0.15) is 6.10 Å². The van der Waals surface area contributed by atoms with Gasteiger partial charge in [0.25, 0.3) is 0 Å². The Hall–Kier alpha value is -1.88. The molecular weight excluding hydrogens is 340 g/mol. The monoisotopic (exact) mass is 368 g/mol. The number of piperidine rings is 4. The van der Waals surface area contributed by atoms with E-state index in [4.69, 9.17) is 4.74 Å². The zero-order chi connectivity index (χ0) is 18.4. The molecule has 0 spiro atoms. The van der Waals surface area contributed by atoms with Crippen LogP contribution in [-0.2, 0) is 9.53 Å². The van der Waals surface area contributed by atoms with Crippen molar-refractivity contribution in [3.05, 3.63) is 35.9 Å². The average Bonchev–Trinajstić information content (AvgIpc) is 2.70. The Morgan fingerprint density at radius 2 is 1.85 bits per heavy atom. The van der Waals surface area contributed by atoms with Crippen LogP contribution in [0.3, 0.4) is 0 Å². The zero-order valence-corrected chi connectivity index (χ0v) is 15.8. The van der Waals surface area contributed by atoms with Gasteiger partial charge in [0.05, 0.1) is 12.0 Å². The molecule has 4 heterocycles. The van der Waals surface area contributed by atoms with E-state index in [-0.39, 0.29) is 24.0 Å². The van der Waals surface area contributed by atoms with Gasteiger partial charge in [-0.05, 0) is 62.7 Å². The molecule has 0 bridgehead atoms. The van der Waals surface area contributed by atoms with Crippen molar-refractivity contribution in [3.8, 4) is 0 Å². The normalized spacial score (nSPS) is 35.9. The SMILES string of the molecule is O=C(OC1CC(=O)N2C[C@@H]3CCCN4CCC[C@@H]([C@H]34)[C@H]2C1)c1ccccc1. The molecule has 5 nitrogen and oxygen atoms in total. The van der Waals surface area contributed by atoms with E-state index in [0.717, 1.165) is 13.0 Å². The predicted molar refractivity (Wildman–Crippen MR) is 101 cm³/mol. The molecule has 0 radical (unpaired) electrons. The number of nitrogens with zero attached hydrogens (tertiary/aromatic N) is 2. The first-order valence-electron chi connectivity index (χ1n) is 10.5. The number of carbonyl (C=O) groups is 2. The summed E-state index contributed by atoms with van der Waals surface area (Å²) in [5.74, 6) is 1.05. The van der Waals surface area contributed by atoms with Gasteiger partial charge in [0.15, 0.2) is 0 Å². The summed E-state index contributed by atoms with van der Waals surface area (Å²) < 4.78 is 5.77. The number of benzene rings is 1. The molecule has 0 N–H and O–H groups in total. The highest BCUT2D eigenvalue weighted by atomic mass is 16.5. The minimum Gasteiger partial charge on any atom is -0.458 e. The van der Waals surface area contributed by atoms with E-state index in [1.807, 2.05) is 18.2 Å². The van der Waals surface area contributed by atoms with Gasteiger partial charge in [-0.1, -0.05) is 18.2 Å². The molecule has 0 aliphatic carbocycles. The first-order chi connectivity index (χ1) is 13.2. The van der Waals surface area contributed by atoms with E-state index in [2.05, 4.69) is 9.80 Å². The molecule has 4 aliphatic heterocycles. The zero-order valence-electron chi connectivity index (χ0n) is 15.8. The third-order valence-electron chi connectivity index (χ3n) is 7.18. The van der Waals surface area contributed by atoms with Crippen LogP contribution in [0.1, 0.15) is 48.9 Å². The van der Waals surface area contributed by atoms with Gasteiger partial charge >= 0.3 is 5.97 Å². The Morgan fingerprint density at radius 3 is 2.67 bits per heavy atom. The fraction of sp³-hybridized carbons (Fsp3) is 0.636. The van der Waals surface area contributed by atoms with Gasteiger partial charge in [-0.15, -0.1) is 0 Å². The van der Waals surface area contributed by atoms with Crippen LogP contribution in [0.25, 0.3) is 0 Å². The highest BCUT2D eigenvalue weighted by Crippen LogP contribution is 2.45. The van der Waals surface area contributed by atoms with Crippen molar-refractivity contribution in [3.63, 3.8) is 0 Å². The molecule has 4 aliphatic rings. The maximum absolute atomic E-state index is 12.9. The fourth-order valence-electron chi connectivity index (χ4n) is 6.13. The predicted octanol–water partition coefficient (Wildman–Crippen LogP) is 2.71. The van der Waals surface area contributed by atoms with Crippen molar-refractivity contribution in [2.45, 2.75) is 56.7 Å². The molecule has 1 aromatic carbocycles. The van der Waals surface area contributed by atoms with Crippen LogP contribution in [0, 0.1) is 11.8 Å². The number of carbonyl (C=O) groups excluding carboxylic acids is 2. The second-order valence-electron chi connectivity index (χ2n) is 8.68. The molecule has 5 atom stereocenters. The summed E-state index contributed by atoms with van der Waals surface area (Å²) in [6.07, 6.45) is 5.78. The molecule has 1 unspecified atom stereocenters. The molecule has 144 valence electrons. The molecular formula is C22H28N2O3. The Kier molecular flexibility index (Phi) is 4.43. The third kappa shape index (κ3) is 3.06. The van der Waals surface area contributed by atoms with Crippen molar-refractivity contribution in [2.75, 3.05) is 19.6 Å². The van der Waals surface area contributed by atoms with E-state index in [0.29, 0.717) is 29.9 Å². The number of ether oxygens (including phenoxy) is 1. The number of fused-ring (bicyclic) bond motifs is 2. The first-order valence-corrected chi connectivity index (χ1v) is 10.5. The molecule has 4 fully saturated rings. The van der Waals surface area contributed by atoms with Crippen molar-refractivity contribution in [2.24, 2.45) is 11.8 Å². The van der Waals surface area contributed by atoms with Crippen LogP contribution in [-0.4, -0.2) is 59.5 Å². The first kappa shape index (κ1) is 17.2. The average molecular weight is 368 g/mol. The third-order valence-corrected chi connectivity index (χ3v) is 7.18. The van der Waals surface area contributed by atoms with Gasteiger partial charge < -0.3 is 9.64 Å². The molecule has 5 rings (SSSR count). The van der Waals surface area contributed by atoms with Gasteiger partial charge in [-0.25, -0.2) is 4.79 Å². The van der Waals surface area contributed by atoms with E-state index in [1.165, 1.54) is 38.8 Å². The summed E-state index contributed by atoms with van der Waals surface area (Å²) in [7, 11) is 0. The largest absolute Gasteiger partial charge is 0.458 e. The lowest BCUT2D eigenvalue weighted by atomic mass is 9.68. The van der Waals surface area contributed by atoms with E-state index >= 15 is 0 Å². The van der Waals surface area contributed by atoms with Gasteiger partial charge in [-0.3, -0.25) is 9.69 Å². The maximum atomic E-state index is 12.9. The minimum absolute atomic E-state index is 0.179. The van der Waals surface area contributed by atoms with Crippen LogP contribution >= 0.6 is 0 Å². The van der Waals surface area contributed by atoms with E-state index in [9.17, 15) is 9.59 Å². The lowest BCUT2D eigenvalue weighted by molar-refractivity contribution is -0.157. The highest BCUT2D eigenvalue weighted by Gasteiger charge is 2.52. The molecule has 0 saturated carbocycles. The van der Waals surface area contributed by atoms with E-state index in [1.54, 1.807) is 12.1 Å². The second kappa shape index (κ2) is 6.93. The molecule has 27 heavy (non-hydrogen) atoms. The number of esters is 1. The van der Waals surface area contributed by atoms with Crippen LogP contribution in [0.15, 0.2) is 30.3 Å². The molecule has 1 amide bonds. The second-order valence-corrected chi connectivity index (χ2v) is 8.68. The summed E-state index contributed by atoms with van der Waals surface area (Å²) in [5.41, 5.74) is 0.562. The maximum Gasteiger partial charge on any atom is 0.338 e. The summed E-state index contributed by atoms with van der Waals surface area (Å²) in [6, 6.07) is 9.97. The topological polar surface area (TPSA) is 49.9 Å². The van der Waals surface area contributed by atoms with Crippen molar-refractivity contribution in [1.29, 1.82) is 0 Å². The number of rotatable bonds is 2. The molecule has 4 saturated heterocycles. The van der Waals surface area contributed by atoms with Gasteiger partial charge in [0.2, 0.25) is 5.91 Å². The van der Waals surface area contributed by atoms with Crippen molar-refractivity contribution < 1.29 is 14.3 Å². The van der Waals surface area contributed by atoms with Crippen molar-refractivity contribution in [1.82, 2.24) is 9.80 Å². The Balaban J connectivity index is 1.34. The molecule has 1 aromatic rings. The van der Waals surface area contributed by atoms with Crippen LogP contribution < -0.4 is 0 Å². The highest BCUT2D eigenvalue weighted by molar-refractivity contribution is 5.89. The molecule has 0 aromatic heterocycles. The summed E-state index contributed by atoms with van der Waals surface area (Å²) in [4.78, 5) is 30.2. The smallest absolute Gasteiger partial charge is 0.338 e. The standard InChI is InChI=1S/C22H28N2O3/c25-20-13-17(27-22(26)15-6-2-1-3-7-15)12-19-18-9-5-11-23-10-4-8-16(21(18)23)14-24(19)20/h1-3,6-7,16-19,21H,4-5,8-14H2/t16-,17?,18+,19+,21-/m0/s1. The van der Waals surface area contributed by atoms with Crippen LogP contribution in [0.4, 0.5) is 0 Å². The van der Waals surface area contributed by atoms with Crippen LogP contribution in [0.2, 0.25) is 0 Å². The summed E-state index contributed by atoms with van der Waals surface area (Å²) in [6.45, 7) is 3.33. The Labute approximate surface area is 160 Å². The lowest BCUT2D eigenvalue weighted by Gasteiger charge is -2.59. The van der Waals surface area contributed by atoms with Crippen LogP contribution in [0.5, 0.6) is 0 Å². The summed E-state index contributed by atoms with van der Waals surface area (Å²) in [5, 5.41) is 0.